The smallest absolute Gasteiger partial charge is 0.356 e. The summed E-state index contributed by atoms with van der Waals surface area (Å²) >= 11 is 0. The number of carbonyl (C=O) groups excluding carboxylic acids is 1. The Morgan fingerprint density at radius 2 is 1.84 bits per heavy atom. The summed E-state index contributed by atoms with van der Waals surface area (Å²) in [6.07, 6.45) is 4.26. The summed E-state index contributed by atoms with van der Waals surface area (Å²) < 4.78 is 20.2. The van der Waals surface area contributed by atoms with Crippen LogP contribution in [-0.4, -0.2) is 47.2 Å². The van der Waals surface area contributed by atoms with Gasteiger partial charge in [-0.2, -0.15) is 5.26 Å². The molecule has 0 spiro atoms. The van der Waals surface area contributed by atoms with Crippen LogP contribution in [0.5, 0.6) is 0 Å². The number of carbonyl (C=O) groups is 1. The summed E-state index contributed by atoms with van der Waals surface area (Å²) in [5.74, 6) is -1.03. The molecule has 1 aliphatic heterocycles. The van der Waals surface area contributed by atoms with Crippen LogP contribution < -0.4 is 11.0 Å². The maximum Gasteiger partial charge on any atom is 0.356 e. The molecule has 1 aliphatic rings. The van der Waals surface area contributed by atoms with Gasteiger partial charge in [0.25, 0.3) is 0 Å². The van der Waals surface area contributed by atoms with E-state index in [0.29, 0.717) is 23.1 Å². The number of methoxy groups -OCH3 is 1. The van der Waals surface area contributed by atoms with E-state index in [-0.39, 0.29) is 11.5 Å². The molecular weight excluding hydrogens is 490 g/mol. The van der Waals surface area contributed by atoms with E-state index in [4.69, 9.17) is 4.74 Å². The number of aromatic amines is 1. The molecule has 1 aromatic heterocycles. The molecule has 0 bridgehead atoms. The number of imidazole rings is 1. The first-order chi connectivity index (χ1) is 17.9. The summed E-state index contributed by atoms with van der Waals surface area (Å²) in [6.45, 7) is 3.13. The molecule has 0 saturated carbocycles. The standard InChI is InChI=1S/C28H32FN4O3P/c1-36-26(34)24-25(20-10-11-22(29)23(37)18-20)33(27(35)31-24)15-7-3-6-14-32-16-12-28(19-30,13-17-32)21-8-4-2-5-9-21/h2,4-5,8-11,18H,3,6-7,12-17,37H2,1H3,(H,31,35). The number of benzene rings is 2. The third-order valence-electron chi connectivity index (χ3n) is 7.25. The fourth-order valence-electron chi connectivity index (χ4n) is 5.09. The predicted molar refractivity (Wildman–Crippen MR) is 144 cm³/mol. The first-order valence-electron chi connectivity index (χ1n) is 12.5. The van der Waals surface area contributed by atoms with Crippen LogP contribution >= 0.6 is 9.24 Å². The number of hydrogen-bond donors (Lipinski definition) is 1. The number of ether oxygens (including phenoxy) is 1. The van der Waals surface area contributed by atoms with Gasteiger partial charge in [-0.05, 0) is 69.1 Å². The number of halogens is 1. The van der Waals surface area contributed by atoms with E-state index in [1.807, 2.05) is 30.3 Å². The van der Waals surface area contributed by atoms with E-state index in [9.17, 15) is 19.2 Å². The molecule has 1 unspecified atom stereocenters. The van der Waals surface area contributed by atoms with Crippen LogP contribution in [0.2, 0.25) is 0 Å². The molecule has 1 N–H and O–H groups in total. The lowest BCUT2D eigenvalue weighted by Crippen LogP contribution is -2.42. The van der Waals surface area contributed by atoms with Crippen LogP contribution in [0.1, 0.15) is 48.2 Å². The van der Waals surface area contributed by atoms with Gasteiger partial charge in [-0.3, -0.25) is 9.55 Å². The van der Waals surface area contributed by atoms with Crippen molar-refractivity contribution in [1.82, 2.24) is 14.5 Å². The molecule has 4 rings (SSSR count). The number of likely N-dealkylation sites (tertiary alicyclic amines) is 1. The normalized spacial score (nSPS) is 15.3. The number of piperidine rings is 1. The molecule has 2 aromatic carbocycles. The van der Waals surface area contributed by atoms with Gasteiger partial charge in [0.1, 0.15) is 5.82 Å². The van der Waals surface area contributed by atoms with Crippen molar-refractivity contribution in [3.8, 4) is 17.3 Å². The highest BCUT2D eigenvalue weighted by molar-refractivity contribution is 7.27. The van der Waals surface area contributed by atoms with Crippen molar-refractivity contribution in [3.63, 3.8) is 0 Å². The van der Waals surface area contributed by atoms with Crippen molar-refractivity contribution in [1.29, 1.82) is 5.26 Å². The number of unbranched alkanes of at least 4 members (excludes halogenated alkanes) is 2. The molecule has 0 amide bonds. The molecular formula is C28H32FN4O3P. The van der Waals surface area contributed by atoms with Gasteiger partial charge < -0.3 is 9.64 Å². The Bertz CT molecular complexity index is 1340. The van der Waals surface area contributed by atoms with Gasteiger partial charge in [0.05, 0.1) is 24.3 Å². The highest BCUT2D eigenvalue weighted by Crippen LogP contribution is 2.35. The van der Waals surface area contributed by atoms with Gasteiger partial charge in [-0.1, -0.05) is 36.8 Å². The molecule has 9 heteroatoms. The second-order valence-electron chi connectivity index (χ2n) is 9.50. The molecule has 0 aliphatic carbocycles. The van der Waals surface area contributed by atoms with Crippen LogP contribution in [0, 0.1) is 17.1 Å². The van der Waals surface area contributed by atoms with Crippen LogP contribution in [0.4, 0.5) is 4.39 Å². The summed E-state index contributed by atoms with van der Waals surface area (Å²) in [6, 6.07) is 17.1. The highest BCUT2D eigenvalue weighted by atomic mass is 31.0. The molecule has 194 valence electrons. The first-order valence-corrected chi connectivity index (χ1v) is 13.1. The zero-order chi connectivity index (χ0) is 26.4. The number of nitriles is 1. The van der Waals surface area contributed by atoms with E-state index in [1.165, 1.54) is 17.7 Å². The predicted octanol–water partition coefficient (Wildman–Crippen LogP) is 4.00. The Labute approximate surface area is 218 Å². The number of nitrogens with zero attached hydrogens (tertiary/aromatic N) is 3. The lowest BCUT2D eigenvalue weighted by atomic mass is 9.74. The lowest BCUT2D eigenvalue weighted by molar-refractivity contribution is 0.0595. The fraction of sp³-hybridized carbons (Fsp3) is 0.393. The van der Waals surface area contributed by atoms with Crippen molar-refractivity contribution in [3.05, 3.63) is 76.1 Å². The quantitative estimate of drug-likeness (QED) is 0.261. The largest absolute Gasteiger partial charge is 0.464 e. The van der Waals surface area contributed by atoms with Crippen LogP contribution in [0.3, 0.4) is 0 Å². The lowest BCUT2D eigenvalue weighted by Gasteiger charge is -2.37. The second-order valence-corrected chi connectivity index (χ2v) is 10.1. The Hall–Kier alpha value is -3.27. The van der Waals surface area contributed by atoms with Crippen LogP contribution in [-0.2, 0) is 16.7 Å². The molecule has 3 aromatic rings. The molecule has 37 heavy (non-hydrogen) atoms. The summed E-state index contributed by atoms with van der Waals surface area (Å²) in [5.41, 5.74) is 1.35. The Kier molecular flexibility index (Phi) is 8.58. The number of hydrogen-bond acceptors (Lipinski definition) is 5. The first kappa shape index (κ1) is 26.8. The van der Waals surface area contributed by atoms with Crippen LogP contribution in [0.25, 0.3) is 11.3 Å². The van der Waals surface area contributed by atoms with Gasteiger partial charge in [0, 0.05) is 17.4 Å². The molecule has 0 radical (unpaired) electrons. The molecule has 7 nitrogen and oxygen atoms in total. The number of esters is 1. The summed E-state index contributed by atoms with van der Waals surface area (Å²) in [7, 11) is 3.59. The van der Waals surface area contributed by atoms with E-state index in [2.05, 4.69) is 25.2 Å². The minimum atomic E-state index is -0.644. The van der Waals surface area contributed by atoms with Gasteiger partial charge in [0.15, 0.2) is 5.69 Å². The topological polar surface area (TPSA) is 91.1 Å². The van der Waals surface area contributed by atoms with Crippen LogP contribution in [0.15, 0.2) is 53.3 Å². The summed E-state index contributed by atoms with van der Waals surface area (Å²) in [5, 5.41) is 10.2. The number of H-pyrrole nitrogens is 1. The maximum absolute atomic E-state index is 13.8. The van der Waals surface area contributed by atoms with E-state index in [1.54, 1.807) is 12.1 Å². The average molecular weight is 523 g/mol. The SMILES string of the molecule is COC(=O)c1[nH]c(=O)n(CCCCCN2CCC(C#N)(c3ccccc3)CC2)c1-c1ccc(F)c(P)c1. The van der Waals surface area contributed by atoms with Crippen molar-refractivity contribution >= 4 is 20.5 Å². The fourth-order valence-corrected chi connectivity index (χ4v) is 5.36. The minimum Gasteiger partial charge on any atom is -0.464 e. The molecule has 1 atom stereocenters. The maximum atomic E-state index is 13.8. The molecule has 1 saturated heterocycles. The van der Waals surface area contributed by atoms with E-state index < -0.39 is 17.1 Å². The monoisotopic (exact) mass is 522 g/mol. The third-order valence-corrected chi connectivity index (χ3v) is 7.69. The van der Waals surface area contributed by atoms with Gasteiger partial charge in [0.2, 0.25) is 0 Å². The Balaban J connectivity index is 1.35. The third kappa shape index (κ3) is 5.84. The Morgan fingerprint density at radius 3 is 2.49 bits per heavy atom. The zero-order valence-electron chi connectivity index (χ0n) is 21.0. The number of aromatic nitrogens is 2. The summed E-state index contributed by atoms with van der Waals surface area (Å²) in [4.78, 5) is 30.1. The number of nitrogens with one attached hydrogen (secondary N) is 1. The highest BCUT2D eigenvalue weighted by Gasteiger charge is 2.36. The van der Waals surface area contributed by atoms with Crippen molar-refractivity contribution in [2.24, 2.45) is 0 Å². The Morgan fingerprint density at radius 1 is 1.14 bits per heavy atom. The average Bonchev–Trinajstić information content (AvgIpc) is 3.26. The molecule has 2 heterocycles. The second kappa shape index (κ2) is 11.9. The van der Waals surface area contributed by atoms with E-state index >= 15 is 0 Å². The van der Waals surface area contributed by atoms with Gasteiger partial charge in [-0.15, -0.1) is 9.24 Å². The minimum absolute atomic E-state index is 0.0659. The van der Waals surface area contributed by atoms with Crippen molar-refractivity contribution in [2.45, 2.75) is 44.1 Å². The zero-order valence-corrected chi connectivity index (χ0v) is 22.2. The van der Waals surface area contributed by atoms with Crippen molar-refractivity contribution in [2.75, 3.05) is 26.7 Å². The van der Waals surface area contributed by atoms with Gasteiger partial charge >= 0.3 is 11.7 Å². The van der Waals surface area contributed by atoms with Crippen molar-refractivity contribution < 1.29 is 13.9 Å². The van der Waals surface area contributed by atoms with E-state index in [0.717, 1.165) is 57.3 Å². The number of rotatable bonds is 9. The molecule has 1 fully saturated rings. The van der Waals surface area contributed by atoms with Gasteiger partial charge in [-0.25, -0.2) is 14.0 Å².